The van der Waals surface area contributed by atoms with Gasteiger partial charge in [0.1, 0.15) is 12.2 Å². The number of fused-ring (bicyclic) bond motifs is 1. The lowest BCUT2D eigenvalue weighted by Gasteiger charge is -2.13. The van der Waals surface area contributed by atoms with Crippen LogP contribution in [0.4, 0.5) is 5.69 Å². The van der Waals surface area contributed by atoms with Gasteiger partial charge in [0.15, 0.2) is 5.11 Å². The van der Waals surface area contributed by atoms with Crippen LogP contribution in [0.3, 0.4) is 0 Å². The van der Waals surface area contributed by atoms with Gasteiger partial charge in [-0.25, -0.2) is 0 Å². The van der Waals surface area contributed by atoms with Gasteiger partial charge in [-0.15, -0.1) is 0 Å². The molecule has 2 N–H and O–H groups in total. The summed E-state index contributed by atoms with van der Waals surface area (Å²) in [6, 6.07) is 15.8. The summed E-state index contributed by atoms with van der Waals surface area (Å²) in [6.07, 6.45) is 9.13. The van der Waals surface area contributed by atoms with E-state index in [1.807, 2.05) is 59.3 Å². The van der Waals surface area contributed by atoms with Crippen molar-refractivity contribution in [3.63, 3.8) is 0 Å². The van der Waals surface area contributed by atoms with E-state index in [-0.39, 0.29) is 24.4 Å². The summed E-state index contributed by atoms with van der Waals surface area (Å²) in [5.41, 5.74) is 4.24. The van der Waals surface area contributed by atoms with Crippen LogP contribution in [0.5, 0.6) is 0 Å². The molecule has 0 bridgehead atoms. The van der Waals surface area contributed by atoms with Gasteiger partial charge < -0.3 is 15.2 Å². The number of aromatic nitrogens is 1. The number of nitrogens with zero attached hydrogens (tertiary/aromatic N) is 2. The Morgan fingerprint density at radius 1 is 1.15 bits per heavy atom. The number of amides is 2. The zero-order valence-corrected chi connectivity index (χ0v) is 20.0. The molecule has 3 aromatic rings. The molecule has 1 aliphatic carbocycles. The smallest absolute Gasteiger partial charge is 0.281 e. The molecule has 1 aliphatic heterocycles. The van der Waals surface area contributed by atoms with E-state index in [1.54, 1.807) is 0 Å². The number of carbonyl (C=O) groups is 2. The zero-order valence-electron chi connectivity index (χ0n) is 19.2. The van der Waals surface area contributed by atoms with Gasteiger partial charge in [-0.1, -0.05) is 56.2 Å². The first-order valence-electron chi connectivity index (χ1n) is 11.9. The first-order chi connectivity index (χ1) is 16.5. The number of para-hydroxylation sites is 2. The monoisotopic (exact) mass is 472 g/mol. The van der Waals surface area contributed by atoms with Crippen molar-refractivity contribution in [2.75, 3.05) is 4.90 Å². The Labute approximate surface area is 204 Å². The lowest BCUT2D eigenvalue weighted by molar-refractivity contribution is -0.122. The zero-order chi connectivity index (χ0) is 23.7. The fraction of sp³-hybridized carbons (Fsp3) is 0.296. The third-order valence-corrected chi connectivity index (χ3v) is 6.90. The number of hydrogen-bond acceptors (Lipinski definition) is 3. The second kappa shape index (κ2) is 9.43. The van der Waals surface area contributed by atoms with E-state index in [9.17, 15) is 9.59 Å². The van der Waals surface area contributed by atoms with Crippen molar-refractivity contribution >= 4 is 51.8 Å². The Hall–Kier alpha value is -3.45. The largest absolute Gasteiger partial charge is 0.352 e. The van der Waals surface area contributed by atoms with Gasteiger partial charge in [-0.2, -0.15) is 0 Å². The number of nitrogens with one attached hydrogen (secondary N) is 2. The van der Waals surface area contributed by atoms with Gasteiger partial charge in [0.2, 0.25) is 5.91 Å². The summed E-state index contributed by atoms with van der Waals surface area (Å²) in [7, 11) is 0. The molecule has 1 aromatic heterocycles. The van der Waals surface area contributed by atoms with Gasteiger partial charge in [-0.05, 0) is 55.3 Å². The molecular weight excluding hydrogens is 444 g/mol. The van der Waals surface area contributed by atoms with E-state index >= 15 is 0 Å². The molecule has 2 aliphatic rings. The number of anilines is 1. The van der Waals surface area contributed by atoms with Crippen molar-refractivity contribution in [3.05, 3.63) is 71.6 Å². The summed E-state index contributed by atoms with van der Waals surface area (Å²) in [5, 5.41) is 7.63. The average Bonchev–Trinajstić information content (AvgIpc) is 3.54. The lowest BCUT2D eigenvalue weighted by Crippen LogP contribution is -2.35. The van der Waals surface area contributed by atoms with E-state index in [0.29, 0.717) is 10.8 Å². The first-order valence-corrected chi connectivity index (χ1v) is 12.3. The highest BCUT2D eigenvalue weighted by Crippen LogP contribution is 2.29. The van der Waals surface area contributed by atoms with Crippen LogP contribution in [-0.4, -0.2) is 27.5 Å². The number of aryl methyl sites for hydroxylation is 1. The Balaban J connectivity index is 1.49. The van der Waals surface area contributed by atoms with Crippen molar-refractivity contribution in [2.45, 2.75) is 51.6 Å². The van der Waals surface area contributed by atoms with Crippen LogP contribution in [0.2, 0.25) is 0 Å². The summed E-state index contributed by atoms with van der Waals surface area (Å²) in [4.78, 5) is 27.5. The van der Waals surface area contributed by atoms with Crippen LogP contribution in [0, 0.1) is 0 Å². The molecule has 34 heavy (non-hydrogen) atoms. The number of carbonyl (C=O) groups excluding carboxylic acids is 2. The molecule has 0 spiro atoms. The van der Waals surface area contributed by atoms with Crippen LogP contribution < -0.4 is 15.5 Å². The van der Waals surface area contributed by atoms with E-state index < -0.39 is 0 Å². The van der Waals surface area contributed by atoms with Crippen molar-refractivity contribution in [2.24, 2.45) is 0 Å². The quantitative estimate of drug-likeness (QED) is 0.409. The molecule has 174 valence electrons. The fourth-order valence-electron chi connectivity index (χ4n) is 4.99. The van der Waals surface area contributed by atoms with E-state index in [0.717, 1.165) is 41.4 Å². The molecule has 2 amide bonds. The summed E-state index contributed by atoms with van der Waals surface area (Å²) < 4.78 is 2.01. The lowest BCUT2D eigenvalue weighted by atomic mass is 10.1. The average molecular weight is 473 g/mol. The van der Waals surface area contributed by atoms with E-state index in [4.69, 9.17) is 12.2 Å². The van der Waals surface area contributed by atoms with Gasteiger partial charge in [0.05, 0.1) is 11.2 Å². The molecule has 0 radical (unpaired) electrons. The summed E-state index contributed by atoms with van der Waals surface area (Å²) in [5.74, 6) is -0.164. The molecule has 5 rings (SSSR count). The third kappa shape index (κ3) is 4.23. The van der Waals surface area contributed by atoms with Crippen LogP contribution in [0.1, 0.15) is 43.7 Å². The molecule has 2 aromatic carbocycles. The Kier molecular flexibility index (Phi) is 6.20. The normalized spacial score (nSPS) is 17.7. The molecule has 1 saturated carbocycles. The number of hydrogen-bond donors (Lipinski definition) is 2. The minimum atomic E-state index is -0.192. The van der Waals surface area contributed by atoms with Crippen LogP contribution in [-0.2, 0) is 22.6 Å². The van der Waals surface area contributed by atoms with Gasteiger partial charge >= 0.3 is 0 Å². The molecule has 1 saturated heterocycles. The van der Waals surface area contributed by atoms with Crippen LogP contribution >= 0.6 is 12.2 Å². The predicted octanol–water partition coefficient (Wildman–Crippen LogP) is 4.52. The molecule has 2 heterocycles. The van der Waals surface area contributed by atoms with Crippen molar-refractivity contribution in [1.29, 1.82) is 0 Å². The maximum absolute atomic E-state index is 13.2. The number of rotatable bonds is 6. The van der Waals surface area contributed by atoms with Gasteiger partial charge in [-0.3, -0.25) is 14.5 Å². The SMILES string of the molecule is CCc1cccc2c(/C=C3\NC(=S)N(c4ccccc4)C3=O)cn(CC(=O)NC3CCCC3)c12. The highest BCUT2D eigenvalue weighted by Gasteiger charge is 2.32. The summed E-state index contributed by atoms with van der Waals surface area (Å²) >= 11 is 5.45. The second-order valence-corrected chi connectivity index (χ2v) is 9.28. The minimum Gasteiger partial charge on any atom is -0.352 e. The van der Waals surface area contributed by atoms with Gasteiger partial charge in [0.25, 0.3) is 5.91 Å². The molecular formula is C27H28N4O2S. The molecule has 2 fully saturated rings. The maximum Gasteiger partial charge on any atom is 0.281 e. The Morgan fingerprint density at radius 3 is 2.65 bits per heavy atom. The van der Waals surface area contributed by atoms with Gasteiger partial charge in [0, 0.05) is 23.2 Å². The molecule has 7 heteroatoms. The number of thiocarbonyl (C=S) groups is 1. The third-order valence-electron chi connectivity index (χ3n) is 6.62. The fourth-order valence-corrected chi connectivity index (χ4v) is 5.29. The second-order valence-electron chi connectivity index (χ2n) is 8.89. The minimum absolute atomic E-state index is 0.0282. The van der Waals surface area contributed by atoms with Crippen molar-refractivity contribution in [3.8, 4) is 0 Å². The highest BCUT2D eigenvalue weighted by atomic mass is 32.1. The van der Waals surface area contributed by atoms with E-state index in [2.05, 4.69) is 23.6 Å². The predicted molar refractivity (Wildman–Crippen MR) is 139 cm³/mol. The molecule has 0 atom stereocenters. The van der Waals surface area contributed by atoms with E-state index in [1.165, 1.54) is 23.3 Å². The Bertz CT molecular complexity index is 1290. The van der Waals surface area contributed by atoms with Crippen LogP contribution in [0.15, 0.2) is 60.4 Å². The van der Waals surface area contributed by atoms with Crippen molar-refractivity contribution in [1.82, 2.24) is 15.2 Å². The maximum atomic E-state index is 13.2. The number of benzene rings is 2. The van der Waals surface area contributed by atoms with Crippen LogP contribution in [0.25, 0.3) is 17.0 Å². The molecule has 6 nitrogen and oxygen atoms in total. The van der Waals surface area contributed by atoms with Crippen molar-refractivity contribution < 1.29 is 9.59 Å². The standard InChI is InChI=1S/C27H28N4O2S/c1-2-18-9-8-14-22-19(16-30(25(18)22)17-24(32)28-20-10-6-7-11-20)15-23-26(33)31(27(34)29-23)21-12-4-3-5-13-21/h3-5,8-9,12-16,20H,2,6-7,10-11,17H2,1H3,(H,28,32)(H,29,34)/b23-15-. The highest BCUT2D eigenvalue weighted by molar-refractivity contribution is 7.80. The topological polar surface area (TPSA) is 66.4 Å². The first kappa shape index (κ1) is 22.3. The molecule has 0 unspecified atom stereocenters. The summed E-state index contributed by atoms with van der Waals surface area (Å²) in [6.45, 7) is 2.37. The Morgan fingerprint density at radius 2 is 1.91 bits per heavy atom.